The van der Waals surface area contributed by atoms with Crippen molar-refractivity contribution in [1.29, 1.82) is 0 Å². The molecule has 0 radical (unpaired) electrons. The molecule has 0 spiro atoms. The number of rotatable bonds is 7. The number of carbonyl (C=O) groups excluding carboxylic acids is 2. The molecule has 0 aliphatic carbocycles. The van der Waals surface area contributed by atoms with E-state index < -0.39 is 0 Å². The number of hydrogen-bond donors (Lipinski definition) is 0. The van der Waals surface area contributed by atoms with Gasteiger partial charge in [0.1, 0.15) is 18.9 Å². The highest BCUT2D eigenvalue weighted by molar-refractivity contribution is 5.86. The van der Waals surface area contributed by atoms with E-state index in [1.54, 1.807) is 4.90 Å². The van der Waals surface area contributed by atoms with E-state index >= 15 is 0 Å². The highest BCUT2D eigenvalue weighted by atomic mass is 16.5. The Balaban J connectivity index is 0.000000301. The minimum absolute atomic E-state index is 0.0124. The number of methoxy groups -OCH3 is 1. The molecule has 6 heteroatoms. The molecule has 1 aliphatic rings. The fraction of sp³-hybridized carbons (Fsp3) is 0.241. The van der Waals surface area contributed by atoms with E-state index in [-0.39, 0.29) is 24.8 Å². The third kappa shape index (κ3) is 6.29. The molecule has 6 nitrogen and oxygen atoms in total. The van der Waals surface area contributed by atoms with E-state index in [1.165, 1.54) is 18.2 Å². The first-order chi connectivity index (χ1) is 17.0. The zero-order chi connectivity index (χ0) is 24.6. The lowest BCUT2D eigenvalue weighted by Crippen LogP contribution is -2.32. The van der Waals surface area contributed by atoms with E-state index in [0.29, 0.717) is 6.54 Å². The maximum atomic E-state index is 12.8. The smallest absolute Gasteiger partial charge is 0.311 e. The average molecular weight is 471 g/mol. The fourth-order valence-corrected chi connectivity index (χ4v) is 4.03. The van der Waals surface area contributed by atoms with E-state index in [2.05, 4.69) is 24.3 Å². The normalized spacial score (nSPS) is 11.4. The Hall–Kier alpha value is -4.06. The number of hydrogen-bond acceptors (Lipinski definition) is 4. The number of aromatic nitrogens is 1. The molecule has 0 saturated carbocycles. The van der Waals surface area contributed by atoms with Crippen molar-refractivity contribution in [3.63, 3.8) is 0 Å². The van der Waals surface area contributed by atoms with Gasteiger partial charge in [-0.3, -0.25) is 9.59 Å². The van der Waals surface area contributed by atoms with Gasteiger partial charge in [-0.15, -0.1) is 0 Å². The first-order valence-corrected chi connectivity index (χ1v) is 11.7. The summed E-state index contributed by atoms with van der Waals surface area (Å²) in [5.74, 6) is 0.699. The van der Waals surface area contributed by atoms with Crippen molar-refractivity contribution in [1.82, 2.24) is 9.47 Å². The molecule has 0 N–H and O–H groups in total. The standard InChI is InChI=1S/C22H24N2O3.C7H6O/c1-23(13-12-17-8-4-3-5-9-17)21(25)16-24-19(15-22(26)27-2)14-18-10-6-7-11-20(18)24;1-2-6-4-7(3-1)8-5-6/h3-11,14H,12-13,15-16H2,1-2H3;1-4H,5H2. The Bertz CT molecular complexity index is 1280. The Kier molecular flexibility index (Phi) is 7.83. The van der Waals surface area contributed by atoms with Gasteiger partial charge in [0.05, 0.1) is 13.5 Å². The number of amides is 1. The van der Waals surface area contributed by atoms with Crippen molar-refractivity contribution in [3.8, 4) is 5.75 Å². The van der Waals surface area contributed by atoms with Crippen molar-refractivity contribution < 1.29 is 19.1 Å². The van der Waals surface area contributed by atoms with Crippen LogP contribution in [0.5, 0.6) is 5.75 Å². The van der Waals surface area contributed by atoms with E-state index in [4.69, 9.17) is 9.47 Å². The SMILES string of the molecule is COC(=O)Cc1cc2ccccc2n1CC(=O)N(C)CCc1ccccc1.c1cc2cc(c1)OC2. The number of fused-ring (bicyclic) bond motifs is 3. The summed E-state index contributed by atoms with van der Waals surface area (Å²) in [6.07, 6.45) is 0.955. The minimum atomic E-state index is -0.316. The highest BCUT2D eigenvalue weighted by Crippen LogP contribution is 2.22. The van der Waals surface area contributed by atoms with Gasteiger partial charge in [-0.2, -0.15) is 0 Å². The predicted octanol–water partition coefficient (Wildman–Crippen LogP) is 4.64. The molecule has 1 aromatic heterocycles. The third-order valence-electron chi connectivity index (χ3n) is 6.05. The van der Waals surface area contributed by atoms with E-state index in [9.17, 15) is 9.59 Å². The van der Waals surface area contributed by atoms with Crippen LogP contribution in [0.4, 0.5) is 0 Å². The van der Waals surface area contributed by atoms with Crippen LogP contribution in [0, 0.1) is 0 Å². The van der Waals surface area contributed by atoms with E-state index in [1.807, 2.05) is 72.3 Å². The molecule has 4 aromatic rings. The molecule has 35 heavy (non-hydrogen) atoms. The molecule has 1 amide bonds. The Morgan fingerprint density at radius 3 is 2.49 bits per heavy atom. The summed E-state index contributed by atoms with van der Waals surface area (Å²) in [5.41, 5.74) is 4.21. The summed E-state index contributed by atoms with van der Waals surface area (Å²) in [6, 6.07) is 28.0. The van der Waals surface area contributed by atoms with Crippen LogP contribution in [0.25, 0.3) is 10.9 Å². The Morgan fingerprint density at radius 2 is 1.74 bits per heavy atom. The second kappa shape index (κ2) is 11.4. The molecular formula is C29H30N2O4. The van der Waals surface area contributed by atoms with Gasteiger partial charge in [0.15, 0.2) is 0 Å². The van der Waals surface area contributed by atoms with Crippen LogP contribution in [0.1, 0.15) is 16.8 Å². The first-order valence-electron chi connectivity index (χ1n) is 11.7. The van der Waals surface area contributed by atoms with Crippen molar-refractivity contribution in [2.75, 3.05) is 20.7 Å². The molecular weight excluding hydrogens is 440 g/mol. The van der Waals surface area contributed by atoms with E-state index in [0.717, 1.165) is 35.4 Å². The Morgan fingerprint density at radius 1 is 0.971 bits per heavy atom. The summed E-state index contributed by atoms with van der Waals surface area (Å²) in [7, 11) is 3.19. The first kappa shape index (κ1) is 24.1. The van der Waals surface area contributed by atoms with Gasteiger partial charge >= 0.3 is 5.97 Å². The van der Waals surface area contributed by atoms with Gasteiger partial charge in [0.25, 0.3) is 0 Å². The minimum Gasteiger partial charge on any atom is -0.489 e. The van der Waals surface area contributed by atoms with Crippen LogP contribution in [0.15, 0.2) is 84.9 Å². The summed E-state index contributed by atoms with van der Waals surface area (Å²) in [4.78, 5) is 26.3. The quantitative estimate of drug-likeness (QED) is 0.369. The largest absolute Gasteiger partial charge is 0.489 e. The molecule has 180 valence electrons. The molecule has 0 saturated heterocycles. The van der Waals surface area contributed by atoms with Crippen LogP contribution < -0.4 is 4.74 Å². The second-order valence-electron chi connectivity index (χ2n) is 8.52. The lowest BCUT2D eigenvalue weighted by Gasteiger charge is -2.19. The summed E-state index contributed by atoms with van der Waals surface area (Å²) in [5, 5.41) is 1.01. The summed E-state index contributed by atoms with van der Waals surface area (Å²) >= 11 is 0. The molecule has 2 heterocycles. The van der Waals surface area contributed by atoms with Gasteiger partial charge < -0.3 is 18.9 Å². The fourth-order valence-electron chi connectivity index (χ4n) is 4.03. The zero-order valence-corrected chi connectivity index (χ0v) is 20.1. The van der Waals surface area contributed by atoms with Crippen molar-refractivity contribution in [2.24, 2.45) is 0 Å². The lowest BCUT2D eigenvalue weighted by atomic mass is 10.1. The molecule has 5 rings (SSSR count). The third-order valence-corrected chi connectivity index (χ3v) is 6.05. The number of carbonyl (C=O) groups is 2. The average Bonchev–Trinajstić information content (AvgIpc) is 3.41. The maximum Gasteiger partial charge on any atom is 0.311 e. The summed E-state index contributed by atoms with van der Waals surface area (Å²) < 4.78 is 11.9. The summed E-state index contributed by atoms with van der Waals surface area (Å²) in [6.45, 7) is 1.61. The number of likely N-dealkylation sites (N-methyl/N-ethyl adjacent to an activating group) is 1. The van der Waals surface area contributed by atoms with Crippen molar-refractivity contribution in [2.45, 2.75) is 26.0 Å². The van der Waals surface area contributed by atoms with Crippen LogP contribution in [0.2, 0.25) is 0 Å². The van der Waals surface area contributed by atoms with Gasteiger partial charge in [-0.05, 0) is 47.2 Å². The second-order valence-corrected chi connectivity index (χ2v) is 8.52. The number of para-hydroxylation sites is 1. The lowest BCUT2D eigenvalue weighted by molar-refractivity contribution is -0.140. The predicted molar refractivity (Wildman–Crippen MR) is 136 cm³/mol. The van der Waals surface area contributed by atoms with Gasteiger partial charge in [-0.1, -0.05) is 60.7 Å². The van der Waals surface area contributed by atoms with Crippen LogP contribution in [0.3, 0.4) is 0 Å². The monoisotopic (exact) mass is 470 g/mol. The van der Waals surface area contributed by atoms with Crippen LogP contribution in [-0.2, 0) is 40.3 Å². The maximum absolute atomic E-state index is 12.8. The molecule has 0 atom stereocenters. The zero-order valence-electron chi connectivity index (χ0n) is 20.1. The number of nitrogens with zero attached hydrogens (tertiary/aromatic N) is 2. The van der Waals surface area contributed by atoms with Crippen molar-refractivity contribution in [3.05, 3.63) is 102 Å². The Labute approximate surface area is 205 Å². The number of ether oxygens (including phenoxy) is 2. The van der Waals surface area contributed by atoms with Crippen LogP contribution >= 0.6 is 0 Å². The molecule has 0 unspecified atom stereocenters. The highest BCUT2D eigenvalue weighted by Gasteiger charge is 2.17. The molecule has 3 aromatic carbocycles. The van der Waals surface area contributed by atoms with Gasteiger partial charge in [-0.25, -0.2) is 0 Å². The van der Waals surface area contributed by atoms with Gasteiger partial charge in [0.2, 0.25) is 5.91 Å². The number of benzene rings is 3. The van der Waals surface area contributed by atoms with Crippen LogP contribution in [-0.4, -0.2) is 42.0 Å². The molecule has 0 fully saturated rings. The topological polar surface area (TPSA) is 60.8 Å². The van der Waals surface area contributed by atoms with Crippen molar-refractivity contribution >= 4 is 22.8 Å². The molecule has 2 bridgehead atoms. The number of esters is 1. The molecule has 1 aliphatic heterocycles. The van der Waals surface area contributed by atoms with Gasteiger partial charge in [0, 0.05) is 24.8 Å².